The lowest BCUT2D eigenvalue weighted by Crippen LogP contribution is -2.46. The third kappa shape index (κ3) is 5.09. The molecule has 0 saturated carbocycles. The van der Waals surface area contributed by atoms with Crippen LogP contribution in [-0.4, -0.2) is 40.1 Å². The van der Waals surface area contributed by atoms with Crippen LogP contribution in [0.1, 0.15) is 23.6 Å². The van der Waals surface area contributed by atoms with Crippen molar-refractivity contribution in [3.63, 3.8) is 0 Å². The van der Waals surface area contributed by atoms with Crippen molar-refractivity contribution >= 4 is 41.7 Å². The number of hydrogen-bond donors (Lipinski definition) is 2. The molecule has 6 nitrogen and oxygen atoms in total. The third-order valence-corrected chi connectivity index (χ3v) is 5.06. The van der Waals surface area contributed by atoms with E-state index in [2.05, 4.69) is 25.7 Å². The van der Waals surface area contributed by atoms with E-state index >= 15 is 0 Å². The number of guanidine groups is 1. The van der Waals surface area contributed by atoms with Crippen molar-refractivity contribution in [1.29, 1.82) is 0 Å². The number of benzene rings is 1. The summed E-state index contributed by atoms with van der Waals surface area (Å²) in [5.74, 6) is 2.34. The second-order valence-electron chi connectivity index (χ2n) is 6.02. The van der Waals surface area contributed by atoms with Gasteiger partial charge < -0.3 is 10.6 Å². The monoisotopic (exact) mass is 490 g/mol. The first-order valence-electron chi connectivity index (χ1n) is 8.29. The van der Waals surface area contributed by atoms with Crippen molar-refractivity contribution in [1.82, 2.24) is 25.4 Å². The molecule has 1 aliphatic rings. The fraction of sp³-hybridized carbons (Fsp3) is 0.471. The molecule has 1 unspecified atom stereocenters. The molecular weight excluding hydrogens is 466 g/mol. The van der Waals surface area contributed by atoms with Gasteiger partial charge in [-0.05, 0) is 43.4 Å². The predicted octanol–water partition coefficient (Wildman–Crippen LogP) is 2.75. The minimum Gasteiger partial charge on any atom is -0.352 e. The van der Waals surface area contributed by atoms with Crippen molar-refractivity contribution in [3.8, 4) is 0 Å². The summed E-state index contributed by atoms with van der Waals surface area (Å²) in [5.41, 5.74) is 0.924. The topological polar surface area (TPSA) is 67.1 Å². The number of fused-ring (bicyclic) bond motifs is 1. The minimum absolute atomic E-state index is 0. The van der Waals surface area contributed by atoms with Crippen molar-refractivity contribution < 1.29 is 4.39 Å². The molecule has 2 heterocycles. The normalized spacial score (nSPS) is 16.6. The Balaban J connectivity index is 0.00000243. The Bertz CT molecular complexity index is 779. The van der Waals surface area contributed by atoms with Crippen LogP contribution in [-0.2, 0) is 19.5 Å². The van der Waals surface area contributed by atoms with Gasteiger partial charge in [0, 0.05) is 31.0 Å². The molecule has 1 atom stereocenters. The summed E-state index contributed by atoms with van der Waals surface area (Å²) in [5, 5.41) is 11.1. The van der Waals surface area contributed by atoms with Crippen molar-refractivity contribution in [2.75, 3.05) is 13.3 Å². The quantitative estimate of drug-likeness (QED) is 0.299. The predicted molar refractivity (Wildman–Crippen MR) is 114 cm³/mol. The largest absolute Gasteiger partial charge is 0.352 e. The van der Waals surface area contributed by atoms with E-state index in [-0.39, 0.29) is 35.8 Å². The Morgan fingerprint density at radius 2 is 2.27 bits per heavy atom. The number of aliphatic imine (C=N–C) groups is 1. The van der Waals surface area contributed by atoms with Crippen LogP contribution in [0.25, 0.3) is 0 Å². The maximum absolute atomic E-state index is 13.5. The van der Waals surface area contributed by atoms with Gasteiger partial charge in [-0.3, -0.25) is 4.99 Å². The molecule has 0 amide bonds. The molecule has 2 N–H and O–H groups in total. The summed E-state index contributed by atoms with van der Waals surface area (Å²) in [4.78, 5) is 9.77. The molecule has 142 valence electrons. The highest BCUT2D eigenvalue weighted by Gasteiger charge is 2.21. The highest BCUT2D eigenvalue weighted by Crippen LogP contribution is 2.21. The average Bonchev–Trinajstić information content (AvgIpc) is 2.98. The molecule has 0 saturated heterocycles. The third-order valence-electron chi connectivity index (χ3n) is 4.22. The first kappa shape index (κ1) is 20.9. The zero-order chi connectivity index (χ0) is 17.8. The molecular formula is C17H24FIN6S. The van der Waals surface area contributed by atoms with Gasteiger partial charge in [0.15, 0.2) is 5.96 Å². The first-order valence-corrected chi connectivity index (χ1v) is 9.51. The number of halogens is 2. The molecule has 0 radical (unpaired) electrons. The Morgan fingerprint density at radius 3 is 3.00 bits per heavy atom. The molecule has 1 aliphatic heterocycles. The fourth-order valence-corrected chi connectivity index (χ4v) is 3.60. The minimum atomic E-state index is -0.223. The van der Waals surface area contributed by atoms with Crippen LogP contribution < -0.4 is 10.6 Å². The lowest BCUT2D eigenvalue weighted by molar-refractivity contribution is 0.392. The zero-order valence-electron chi connectivity index (χ0n) is 15.1. The van der Waals surface area contributed by atoms with Crippen LogP contribution in [0, 0.1) is 12.7 Å². The van der Waals surface area contributed by atoms with E-state index in [0.29, 0.717) is 12.5 Å². The van der Waals surface area contributed by atoms with Crippen LogP contribution in [0.3, 0.4) is 0 Å². The Kier molecular flexibility index (Phi) is 7.69. The van der Waals surface area contributed by atoms with Crippen LogP contribution >= 0.6 is 35.7 Å². The number of nitrogens with zero attached hydrogens (tertiary/aromatic N) is 4. The Morgan fingerprint density at radius 1 is 1.46 bits per heavy atom. The summed E-state index contributed by atoms with van der Waals surface area (Å²) in [6.07, 6.45) is 3.87. The van der Waals surface area contributed by atoms with E-state index in [1.165, 1.54) is 6.07 Å². The van der Waals surface area contributed by atoms with Crippen LogP contribution in [0.4, 0.5) is 4.39 Å². The number of aryl methyl sites for hydroxylation is 2. The van der Waals surface area contributed by atoms with Gasteiger partial charge in [-0.15, -0.1) is 35.7 Å². The standard InChI is InChI=1S/C17H23FN6S.HI/c1-11-21-16-7-5-14(10-24(16)23-11)22-17(19-2)20-9-12-8-13(18)4-6-15(12)25-3;/h4,6,8,14H,5,7,9-10H2,1-3H3,(H2,19,20,22);1H. The SMILES string of the molecule is CN=C(NCc1cc(F)ccc1SC)NC1CCc2nc(C)nn2C1.I. The number of aromatic nitrogens is 3. The van der Waals surface area contributed by atoms with Gasteiger partial charge in [0.05, 0.1) is 6.54 Å². The van der Waals surface area contributed by atoms with E-state index in [1.54, 1.807) is 24.9 Å². The Hall–Kier alpha value is -1.36. The van der Waals surface area contributed by atoms with Crippen molar-refractivity contribution in [2.45, 2.75) is 43.8 Å². The molecule has 9 heteroatoms. The van der Waals surface area contributed by atoms with Crippen LogP contribution in [0.2, 0.25) is 0 Å². The molecule has 3 rings (SSSR count). The number of hydrogen-bond acceptors (Lipinski definition) is 4. The number of rotatable bonds is 4. The van der Waals surface area contributed by atoms with Gasteiger partial charge in [0.25, 0.3) is 0 Å². The van der Waals surface area contributed by atoms with Crippen LogP contribution in [0.15, 0.2) is 28.1 Å². The zero-order valence-corrected chi connectivity index (χ0v) is 18.3. The van der Waals surface area contributed by atoms with E-state index in [4.69, 9.17) is 0 Å². The van der Waals surface area contributed by atoms with E-state index in [9.17, 15) is 4.39 Å². The van der Waals surface area contributed by atoms with Gasteiger partial charge in [-0.1, -0.05) is 0 Å². The fourth-order valence-electron chi connectivity index (χ4n) is 3.00. The molecule has 0 spiro atoms. The summed E-state index contributed by atoms with van der Waals surface area (Å²) < 4.78 is 15.5. The summed E-state index contributed by atoms with van der Waals surface area (Å²) in [6.45, 7) is 3.21. The second-order valence-corrected chi connectivity index (χ2v) is 6.87. The van der Waals surface area contributed by atoms with E-state index in [0.717, 1.165) is 41.5 Å². The maximum Gasteiger partial charge on any atom is 0.191 e. The Labute approximate surface area is 174 Å². The lowest BCUT2D eigenvalue weighted by Gasteiger charge is -2.25. The molecule has 0 fully saturated rings. The number of thioether (sulfide) groups is 1. The maximum atomic E-state index is 13.5. The smallest absolute Gasteiger partial charge is 0.191 e. The first-order chi connectivity index (χ1) is 12.1. The molecule has 0 aliphatic carbocycles. The average molecular weight is 490 g/mol. The van der Waals surface area contributed by atoms with Gasteiger partial charge in [0.2, 0.25) is 0 Å². The van der Waals surface area contributed by atoms with Gasteiger partial charge in [-0.25, -0.2) is 14.1 Å². The van der Waals surface area contributed by atoms with E-state index < -0.39 is 0 Å². The van der Waals surface area contributed by atoms with Gasteiger partial charge >= 0.3 is 0 Å². The summed E-state index contributed by atoms with van der Waals surface area (Å²) in [7, 11) is 1.74. The summed E-state index contributed by atoms with van der Waals surface area (Å²) in [6, 6.07) is 5.11. The van der Waals surface area contributed by atoms with Gasteiger partial charge in [-0.2, -0.15) is 5.10 Å². The molecule has 2 aromatic rings. The molecule has 26 heavy (non-hydrogen) atoms. The van der Waals surface area contributed by atoms with Gasteiger partial charge in [0.1, 0.15) is 17.5 Å². The number of nitrogens with one attached hydrogen (secondary N) is 2. The van der Waals surface area contributed by atoms with Crippen molar-refractivity contribution in [2.24, 2.45) is 4.99 Å². The van der Waals surface area contributed by atoms with Crippen LogP contribution in [0.5, 0.6) is 0 Å². The van der Waals surface area contributed by atoms with Crippen molar-refractivity contribution in [3.05, 3.63) is 41.2 Å². The molecule has 1 aromatic heterocycles. The molecule has 0 bridgehead atoms. The highest BCUT2D eigenvalue weighted by molar-refractivity contribution is 14.0. The second kappa shape index (κ2) is 9.54. The highest BCUT2D eigenvalue weighted by atomic mass is 127. The molecule has 1 aromatic carbocycles. The lowest BCUT2D eigenvalue weighted by atomic mass is 10.1. The van der Waals surface area contributed by atoms with E-state index in [1.807, 2.05) is 23.9 Å². The summed E-state index contributed by atoms with van der Waals surface area (Å²) >= 11 is 1.61.